The van der Waals surface area contributed by atoms with Crippen molar-refractivity contribution in [3.05, 3.63) is 46.8 Å². The fourth-order valence-electron chi connectivity index (χ4n) is 2.58. The standard InChI is InChI=1S/C18H20O3S2/c1-12(19)13-5-7-15(8-6-13)23-16-9-14(10-22-16)18(4)11-20-17(2,3)21-18/h5-10H,11H2,1-4H3. The molecule has 0 spiro atoms. The molecule has 3 rings (SSSR count). The van der Waals surface area contributed by atoms with Gasteiger partial charge in [0.05, 0.1) is 10.8 Å². The van der Waals surface area contributed by atoms with Gasteiger partial charge in [0.15, 0.2) is 11.6 Å². The predicted molar refractivity (Wildman–Crippen MR) is 93.4 cm³/mol. The highest BCUT2D eigenvalue weighted by Crippen LogP contribution is 2.42. The van der Waals surface area contributed by atoms with Crippen LogP contribution < -0.4 is 0 Å². The molecule has 0 amide bonds. The molecule has 0 N–H and O–H groups in total. The second-order valence-electron chi connectivity index (χ2n) is 6.36. The summed E-state index contributed by atoms with van der Waals surface area (Å²) in [6.45, 7) is 8.10. The Bertz CT molecular complexity index is 718. The lowest BCUT2D eigenvalue weighted by molar-refractivity contribution is -0.159. The number of carbonyl (C=O) groups is 1. The van der Waals surface area contributed by atoms with Crippen molar-refractivity contribution in [3.8, 4) is 0 Å². The molecule has 1 aromatic heterocycles. The van der Waals surface area contributed by atoms with E-state index in [0.717, 1.165) is 16.0 Å². The van der Waals surface area contributed by atoms with Gasteiger partial charge in [0.2, 0.25) is 0 Å². The number of Topliss-reactive ketones (excluding diaryl/α,β-unsaturated/α-hetero) is 1. The van der Waals surface area contributed by atoms with Crippen molar-refractivity contribution >= 4 is 28.9 Å². The van der Waals surface area contributed by atoms with Gasteiger partial charge in [-0.05, 0) is 56.8 Å². The van der Waals surface area contributed by atoms with Gasteiger partial charge < -0.3 is 9.47 Å². The Balaban J connectivity index is 1.74. The predicted octanol–water partition coefficient (Wildman–Crippen LogP) is 5.10. The molecule has 1 atom stereocenters. The first-order valence-electron chi connectivity index (χ1n) is 7.49. The zero-order valence-corrected chi connectivity index (χ0v) is 15.3. The molecule has 0 bridgehead atoms. The van der Waals surface area contributed by atoms with Crippen molar-refractivity contribution in [3.63, 3.8) is 0 Å². The quantitative estimate of drug-likeness (QED) is 0.720. The molecule has 1 unspecified atom stereocenters. The lowest BCUT2D eigenvalue weighted by Crippen LogP contribution is -2.27. The molecule has 1 saturated heterocycles. The Morgan fingerprint density at radius 1 is 1.22 bits per heavy atom. The topological polar surface area (TPSA) is 35.5 Å². The molecule has 1 aliphatic rings. The highest BCUT2D eigenvalue weighted by atomic mass is 32.2. The zero-order valence-electron chi connectivity index (χ0n) is 13.7. The fourth-order valence-corrected chi connectivity index (χ4v) is 4.65. The molecular weight excluding hydrogens is 328 g/mol. The maximum atomic E-state index is 11.3. The number of rotatable bonds is 4. The van der Waals surface area contributed by atoms with E-state index in [-0.39, 0.29) is 5.78 Å². The van der Waals surface area contributed by atoms with Crippen molar-refractivity contribution in [1.29, 1.82) is 0 Å². The van der Waals surface area contributed by atoms with Gasteiger partial charge >= 0.3 is 0 Å². The Hall–Kier alpha value is -1.14. The monoisotopic (exact) mass is 348 g/mol. The molecule has 23 heavy (non-hydrogen) atoms. The summed E-state index contributed by atoms with van der Waals surface area (Å²) in [4.78, 5) is 12.4. The summed E-state index contributed by atoms with van der Waals surface area (Å²) in [6, 6.07) is 9.88. The van der Waals surface area contributed by atoms with Crippen LogP contribution in [-0.2, 0) is 15.1 Å². The van der Waals surface area contributed by atoms with E-state index in [1.165, 1.54) is 4.21 Å². The third-order valence-electron chi connectivity index (χ3n) is 3.83. The number of benzene rings is 1. The van der Waals surface area contributed by atoms with Gasteiger partial charge in [0.1, 0.15) is 5.60 Å². The molecule has 5 heteroatoms. The third-order valence-corrected chi connectivity index (χ3v) is 5.92. The summed E-state index contributed by atoms with van der Waals surface area (Å²) in [5.41, 5.74) is 1.50. The second kappa shape index (κ2) is 6.06. The van der Waals surface area contributed by atoms with Crippen molar-refractivity contribution in [2.24, 2.45) is 0 Å². The minimum atomic E-state index is -0.535. The van der Waals surface area contributed by atoms with E-state index in [0.29, 0.717) is 6.61 Å². The van der Waals surface area contributed by atoms with Crippen LogP contribution in [0.15, 0.2) is 44.8 Å². The van der Waals surface area contributed by atoms with Crippen LogP contribution in [0.3, 0.4) is 0 Å². The normalized spacial score (nSPS) is 23.1. The number of hydrogen-bond donors (Lipinski definition) is 0. The minimum Gasteiger partial charge on any atom is -0.347 e. The van der Waals surface area contributed by atoms with Crippen LogP contribution in [0.1, 0.15) is 43.6 Å². The van der Waals surface area contributed by atoms with Crippen LogP contribution in [-0.4, -0.2) is 18.2 Å². The largest absolute Gasteiger partial charge is 0.347 e. The van der Waals surface area contributed by atoms with E-state index in [1.807, 2.05) is 38.1 Å². The van der Waals surface area contributed by atoms with Gasteiger partial charge in [0, 0.05) is 10.5 Å². The van der Waals surface area contributed by atoms with Crippen LogP contribution in [0.2, 0.25) is 0 Å². The number of ketones is 1. The molecule has 1 aromatic carbocycles. The fraction of sp³-hybridized carbons (Fsp3) is 0.389. The molecule has 2 heterocycles. The van der Waals surface area contributed by atoms with E-state index < -0.39 is 11.4 Å². The summed E-state index contributed by atoms with van der Waals surface area (Å²) >= 11 is 3.40. The number of ether oxygens (including phenoxy) is 2. The molecule has 1 fully saturated rings. The maximum absolute atomic E-state index is 11.3. The molecular formula is C18H20O3S2. The van der Waals surface area contributed by atoms with E-state index in [9.17, 15) is 4.79 Å². The molecule has 0 aliphatic carbocycles. The second-order valence-corrected chi connectivity index (χ2v) is 8.64. The minimum absolute atomic E-state index is 0.0916. The summed E-state index contributed by atoms with van der Waals surface area (Å²) in [5, 5.41) is 2.14. The van der Waals surface area contributed by atoms with Crippen LogP contribution in [0.4, 0.5) is 0 Å². The molecule has 2 aromatic rings. The summed E-state index contributed by atoms with van der Waals surface area (Å²) in [5.74, 6) is -0.444. The van der Waals surface area contributed by atoms with Crippen molar-refractivity contribution in [2.45, 2.75) is 48.2 Å². The average molecular weight is 348 g/mol. The highest BCUT2D eigenvalue weighted by molar-refractivity contribution is 8.01. The smallest absolute Gasteiger partial charge is 0.164 e. The van der Waals surface area contributed by atoms with Gasteiger partial charge in [-0.25, -0.2) is 0 Å². The van der Waals surface area contributed by atoms with E-state index in [2.05, 4.69) is 18.4 Å². The summed E-state index contributed by atoms with van der Waals surface area (Å²) in [7, 11) is 0. The Labute approximate surface area is 145 Å². The third kappa shape index (κ3) is 3.69. The molecule has 3 nitrogen and oxygen atoms in total. The first-order chi connectivity index (χ1) is 10.8. The highest BCUT2D eigenvalue weighted by Gasteiger charge is 2.43. The number of thiophene rings is 1. The van der Waals surface area contributed by atoms with Crippen LogP contribution in [0.5, 0.6) is 0 Å². The lowest BCUT2D eigenvalue weighted by Gasteiger charge is -2.24. The average Bonchev–Trinajstić information content (AvgIpc) is 3.05. The summed E-state index contributed by atoms with van der Waals surface area (Å²) in [6.07, 6.45) is 0. The first-order valence-corrected chi connectivity index (χ1v) is 9.19. The number of carbonyl (C=O) groups excluding carboxylic acids is 1. The molecule has 1 aliphatic heterocycles. The zero-order chi connectivity index (χ0) is 16.7. The van der Waals surface area contributed by atoms with Crippen molar-refractivity contribution < 1.29 is 14.3 Å². The SMILES string of the molecule is CC(=O)c1ccc(Sc2cc(C3(C)COC(C)(C)O3)cs2)cc1. The summed E-state index contributed by atoms with van der Waals surface area (Å²) < 4.78 is 13.0. The Kier molecular flexibility index (Phi) is 4.40. The maximum Gasteiger partial charge on any atom is 0.164 e. The number of hydrogen-bond acceptors (Lipinski definition) is 5. The van der Waals surface area contributed by atoms with Crippen LogP contribution in [0, 0.1) is 0 Å². The Morgan fingerprint density at radius 3 is 2.48 bits per heavy atom. The van der Waals surface area contributed by atoms with Gasteiger partial charge in [0.25, 0.3) is 0 Å². The van der Waals surface area contributed by atoms with Gasteiger partial charge in [-0.1, -0.05) is 23.9 Å². The van der Waals surface area contributed by atoms with Gasteiger partial charge in [-0.3, -0.25) is 4.79 Å². The Morgan fingerprint density at radius 2 is 1.91 bits per heavy atom. The van der Waals surface area contributed by atoms with E-state index in [1.54, 1.807) is 30.0 Å². The first kappa shape index (κ1) is 16.7. The molecule has 0 radical (unpaired) electrons. The van der Waals surface area contributed by atoms with E-state index >= 15 is 0 Å². The molecule has 0 saturated carbocycles. The van der Waals surface area contributed by atoms with E-state index in [4.69, 9.17) is 9.47 Å². The van der Waals surface area contributed by atoms with Gasteiger partial charge in [-0.15, -0.1) is 11.3 Å². The van der Waals surface area contributed by atoms with Gasteiger partial charge in [-0.2, -0.15) is 0 Å². The van der Waals surface area contributed by atoms with Crippen molar-refractivity contribution in [1.82, 2.24) is 0 Å². The lowest BCUT2D eigenvalue weighted by atomic mass is 10.0. The van der Waals surface area contributed by atoms with Crippen LogP contribution in [0.25, 0.3) is 0 Å². The van der Waals surface area contributed by atoms with Crippen molar-refractivity contribution in [2.75, 3.05) is 6.61 Å². The van der Waals surface area contributed by atoms with Crippen LogP contribution >= 0.6 is 23.1 Å². The molecule has 122 valence electrons.